The van der Waals surface area contributed by atoms with Crippen LogP contribution in [-0.4, -0.2) is 14.0 Å². The number of nitrogens with zero attached hydrogens (tertiary/aromatic N) is 3. The van der Waals surface area contributed by atoms with Crippen LogP contribution in [0.3, 0.4) is 0 Å². The molecular weight excluding hydrogens is 518 g/mol. The fourth-order valence-electron chi connectivity index (χ4n) is 6.98. The third-order valence-electron chi connectivity index (χ3n) is 8.66. The van der Waals surface area contributed by atoms with Gasteiger partial charge in [-0.2, -0.15) is 0 Å². The van der Waals surface area contributed by atoms with Gasteiger partial charge in [-0.3, -0.25) is 4.40 Å². The first-order valence-electron chi connectivity index (χ1n) is 13.9. The topological polar surface area (TPSA) is 22.2 Å². The highest BCUT2D eigenvalue weighted by Gasteiger charge is 2.21. The van der Waals surface area contributed by atoms with Gasteiger partial charge in [-0.25, -0.2) is 4.98 Å². The predicted octanol–water partition coefficient (Wildman–Crippen LogP) is 10.3. The zero-order valence-corrected chi connectivity index (χ0v) is 22.7. The zero-order valence-electron chi connectivity index (χ0n) is 21.9. The van der Waals surface area contributed by atoms with Gasteiger partial charge in [0, 0.05) is 47.4 Å². The summed E-state index contributed by atoms with van der Waals surface area (Å²) in [6.07, 6.45) is 0. The number of rotatable bonds is 1. The Morgan fingerprint density at radius 2 is 1.17 bits per heavy atom. The molecule has 0 bridgehead atoms. The molecule has 0 unspecified atom stereocenters. The van der Waals surface area contributed by atoms with E-state index in [1.165, 1.54) is 69.3 Å². The quantitative estimate of drug-likeness (QED) is 0.190. The summed E-state index contributed by atoms with van der Waals surface area (Å²) in [5.41, 5.74) is 7.95. The van der Waals surface area contributed by atoms with Gasteiger partial charge in [0.15, 0.2) is 0 Å². The molecule has 0 saturated heterocycles. The van der Waals surface area contributed by atoms with E-state index < -0.39 is 0 Å². The van der Waals surface area contributed by atoms with Crippen molar-refractivity contribution in [3.05, 3.63) is 127 Å². The first-order valence-corrected chi connectivity index (χ1v) is 14.7. The summed E-state index contributed by atoms with van der Waals surface area (Å²) in [6.45, 7) is 0. The van der Waals surface area contributed by atoms with E-state index >= 15 is 0 Å². The van der Waals surface area contributed by atoms with Gasteiger partial charge in [0.25, 0.3) is 0 Å². The number of thiophene rings is 1. The van der Waals surface area contributed by atoms with Crippen molar-refractivity contribution in [1.82, 2.24) is 14.0 Å². The van der Waals surface area contributed by atoms with Crippen LogP contribution in [0.2, 0.25) is 0 Å². The molecule has 0 aliphatic rings. The number of imidazole rings is 1. The molecule has 0 aliphatic carbocycles. The van der Waals surface area contributed by atoms with Crippen molar-refractivity contribution in [2.75, 3.05) is 0 Å². The van der Waals surface area contributed by atoms with E-state index in [4.69, 9.17) is 4.98 Å². The largest absolute Gasteiger partial charge is 0.309 e. The first-order chi connectivity index (χ1) is 20.3. The summed E-state index contributed by atoms with van der Waals surface area (Å²) in [7, 11) is 0. The minimum absolute atomic E-state index is 1.01. The molecule has 0 fully saturated rings. The Morgan fingerprint density at radius 1 is 0.463 bits per heavy atom. The second kappa shape index (κ2) is 7.72. The number of pyridine rings is 1. The molecule has 3 nitrogen and oxygen atoms in total. The smallest absolute Gasteiger partial charge is 0.146 e. The second-order valence-corrected chi connectivity index (χ2v) is 11.9. The van der Waals surface area contributed by atoms with Crippen molar-refractivity contribution in [1.29, 1.82) is 0 Å². The summed E-state index contributed by atoms with van der Waals surface area (Å²) in [6, 6.07) is 46.2. The molecule has 6 aromatic carbocycles. The van der Waals surface area contributed by atoms with Crippen molar-refractivity contribution in [2.24, 2.45) is 0 Å². The van der Waals surface area contributed by atoms with E-state index in [2.05, 4.69) is 136 Å². The summed E-state index contributed by atoms with van der Waals surface area (Å²) < 4.78 is 7.41. The molecule has 190 valence electrons. The van der Waals surface area contributed by atoms with Crippen LogP contribution in [0.5, 0.6) is 0 Å². The van der Waals surface area contributed by atoms with E-state index in [1.54, 1.807) is 0 Å². The Balaban J connectivity index is 1.53. The van der Waals surface area contributed by atoms with Gasteiger partial charge in [0.05, 0.1) is 27.6 Å². The summed E-state index contributed by atoms with van der Waals surface area (Å²) in [5.74, 6) is 0. The van der Waals surface area contributed by atoms with Crippen LogP contribution in [0, 0.1) is 0 Å². The summed E-state index contributed by atoms with van der Waals surface area (Å²) in [5, 5.41) is 8.87. The van der Waals surface area contributed by atoms with Crippen LogP contribution < -0.4 is 0 Å². The molecular formula is C37H21N3S. The van der Waals surface area contributed by atoms with Crippen LogP contribution in [0.15, 0.2) is 127 Å². The molecule has 0 atom stereocenters. The third-order valence-corrected chi connectivity index (χ3v) is 9.79. The molecule has 0 saturated carbocycles. The maximum atomic E-state index is 5.22. The minimum Gasteiger partial charge on any atom is -0.309 e. The van der Waals surface area contributed by atoms with Gasteiger partial charge in [0.2, 0.25) is 0 Å². The van der Waals surface area contributed by atoms with Crippen LogP contribution in [0.1, 0.15) is 0 Å². The average Bonchev–Trinajstić information content (AvgIpc) is 3.70. The van der Waals surface area contributed by atoms with Gasteiger partial charge < -0.3 is 4.57 Å². The maximum Gasteiger partial charge on any atom is 0.146 e. The van der Waals surface area contributed by atoms with E-state index in [0.717, 1.165) is 16.7 Å². The number of benzene rings is 6. The third kappa shape index (κ3) is 2.75. The average molecular weight is 540 g/mol. The van der Waals surface area contributed by atoms with Crippen molar-refractivity contribution < 1.29 is 0 Å². The second-order valence-electron chi connectivity index (χ2n) is 10.8. The highest BCUT2D eigenvalue weighted by atomic mass is 32.1. The highest BCUT2D eigenvalue weighted by molar-refractivity contribution is 7.25. The van der Waals surface area contributed by atoms with Gasteiger partial charge in [-0.1, -0.05) is 66.7 Å². The summed E-state index contributed by atoms with van der Waals surface area (Å²) in [4.78, 5) is 5.22. The van der Waals surface area contributed by atoms with Crippen LogP contribution >= 0.6 is 11.3 Å². The molecule has 0 amide bonds. The first kappa shape index (κ1) is 21.6. The molecule has 0 radical (unpaired) electrons. The van der Waals surface area contributed by atoms with E-state index in [-0.39, 0.29) is 0 Å². The lowest BCUT2D eigenvalue weighted by atomic mass is 9.99. The predicted molar refractivity (Wildman–Crippen MR) is 175 cm³/mol. The van der Waals surface area contributed by atoms with Gasteiger partial charge in [0.1, 0.15) is 5.65 Å². The molecule has 4 heterocycles. The number of hydrogen-bond acceptors (Lipinski definition) is 2. The van der Waals surface area contributed by atoms with Crippen LogP contribution in [-0.2, 0) is 0 Å². The number of fused-ring (bicyclic) bond motifs is 15. The minimum atomic E-state index is 1.01. The fourth-order valence-corrected chi connectivity index (χ4v) is 8.10. The van der Waals surface area contributed by atoms with Crippen molar-refractivity contribution in [3.8, 4) is 5.69 Å². The molecule has 10 aromatic rings. The van der Waals surface area contributed by atoms with Gasteiger partial charge in [-0.15, -0.1) is 11.3 Å². The lowest BCUT2D eigenvalue weighted by Gasteiger charge is -2.12. The molecule has 0 spiro atoms. The fraction of sp³-hybridized carbons (Fsp3) is 0. The Bertz CT molecular complexity index is 2690. The number of aromatic nitrogens is 3. The maximum absolute atomic E-state index is 5.22. The summed E-state index contributed by atoms with van der Waals surface area (Å²) >= 11 is 1.87. The normalized spacial score (nSPS) is 12.4. The van der Waals surface area contributed by atoms with Crippen molar-refractivity contribution in [3.63, 3.8) is 0 Å². The molecule has 4 aromatic heterocycles. The molecule has 0 aliphatic heterocycles. The van der Waals surface area contributed by atoms with E-state index in [0.29, 0.717) is 0 Å². The molecule has 10 rings (SSSR count). The van der Waals surface area contributed by atoms with E-state index in [9.17, 15) is 0 Å². The zero-order chi connectivity index (χ0) is 26.7. The Labute approximate surface area is 238 Å². The monoisotopic (exact) mass is 539 g/mol. The van der Waals surface area contributed by atoms with Crippen LogP contribution in [0.25, 0.3) is 86.0 Å². The Morgan fingerprint density at radius 3 is 2.07 bits per heavy atom. The van der Waals surface area contributed by atoms with Crippen molar-refractivity contribution >= 4 is 91.7 Å². The Kier molecular flexibility index (Phi) is 4.07. The van der Waals surface area contributed by atoms with Crippen molar-refractivity contribution in [2.45, 2.75) is 0 Å². The SMILES string of the molecule is c1ccc(-n2c3ccccc3c3c4c5cc6sc7ccccc7c6cc5c5nc6ccccc6n5c4ccc32)cc1. The number of hydrogen-bond donors (Lipinski definition) is 0. The Hall–Kier alpha value is -5.19. The van der Waals surface area contributed by atoms with Crippen LogP contribution in [0.4, 0.5) is 0 Å². The molecule has 0 N–H and O–H groups in total. The molecule has 41 heavy (non-hydrogen) atoms. The molecule has 4 heteroatoms. The van der Waals surface area contributed by atoms with Gasteiger partial charge in [-0.05, 0) is 66.0 Å². The van der Waals surface area contributed by atoms with Gasteiger partial charge >= 0.3 is 0 Å². The lowest BCUT2D eigenvalue weighted by Crippen LogP contribution is -1.95. The highest BCUT2D eigenvalue weighted by Crippen LogP contribution is 2.44. The standard InChI is InChI=1S/C37H21N3S/c1-2-10-22(11-3-1)39-29-15-7-4-13-24(29)35-31(39)18-19-32-36(35)26-21-34-25(23-12-5-9-17-33(23)41-34)20-27(26)37-38-28-14-6-8-16-30(28)40(32)37/h1-21H. The van der Waals surface area contributed by atoms with E-state index in [1.807, 2.05) is 11.3 Å². The number of para-hydroxylation sites is 4. The lowest BCUT2D eigenvalue weighted by molar-refractivity contribution is 1.18.